The minimum Gasteiger partial charge on any atom is -0.352 e. The van der Waals surface area contributed by atoms with E-state index in [1.807, 2.05) is 51.1 Å². The quantitative estimate of drug-likeness (QED) is 0.324. The molecule has 0 radical (unpaired) electrons. The molecule has 7 nitrogen and oxygen atoms in total. The Bertz CT molecular complexity index is 1330. The van der Waals surface area contributed by atoms with E-state index >= 15 is 0 Å². The van der Waals surface area contributed by atoms with Crippen LogP contribution in [0.5, 0.6) is 0 Å². The fourth-order valence-corrected chi connectivity index (χ4v) is 5.48. The van der Waals surface area contributed by atoms with E-state index < -0.39 is 28.5 Å². The summed E-state index contributed by atoms with van der Waals surface area (Å²) in [6.07, 6.45) is 0.747. The van der Waals surface area contributed by atoms with Crippen LogP contribution in [0, 0.1) is 6.92 Å². The second-order valence-electron chi connectivity index (χ2n) is 9.30. The Morgan fingerprint density at radius 1 is 0.921 bits per heavy atom. The van der Waals surface area contributed by atoms with Gasteiger partial charge < -0.3 is 10.2 Å². The molecule has 3 aromatic rings. The number of rotatable bonds is 11. The zero-order valence-electron chi connectivity index (χ0n) is 22.1. The molecule has 0 spiro atoms. The number of halogens is 1. The summed E-state index contributed by atoms with van der Waals surface area (Å²) in [5, 5.41) is 2.93. The van der Waals surface area contributed by atoms with Crippen molar-refractivity contribution in [2.45, 2.75) is 57.6 Å². The second kappa shape index (κ2) is 13.1. The third-order valence-electron chi connectivity index (χ3n) is 6.37. The minimum absolute atomic E-state index is 0.0557. The molecule has 202 valence electrons. The van der Waals surface area contributed by atoms with Gasteiger partial charge >= 0.3 is 0 Å². The van der Waals surface area contributed by atoms with E-state index in [-0.39, 0.29) is 23.4 Å². The van der Waals surface area contributed by atoms with Crippen LogP contribution in [0.15, 0.2) is 88.2 Å². The topological polar surface area (TPSA) is 86.8 Å². The Morgan fingerprint density at radius 2 is 1.53 bits per heavy atom. The fourth-order valence-electron chi connectivity index (χ4n) is 3.80. The summed E-state index contributed by atoms with van der Waals surface area (Å²) < 4.78 is 29.5. The second-order valence-corrected chi connectivity index (χ2v) is 12.1. The molecule has 0 saturated carbocycles. The molecule has 1 N–H and O–H groups in total. The Hall–Kier alpha value is -3.17. The van der Waals surface area contributed by atoms with Crippen LogP contribution >= 0.6 is 15.9 Å². The molecule has 0 saturated heterocycles. The third kappa shape index (κ3) is 7.45. The van der Waals surface area contributed by atoms with Crippen LogP contribution in [0.3, 0.4) is 0 Å². The van der Waals surface area contributed by atoms with Gasteiger partial charge in [-0.2, -0.15) is 0 Å². The summed E-state index contributed by atoms with van der Waals surface area (Å²) in [6, 6.07) is 21.7. The number of hydrogen-bond donors (Lipinski definition) is 1. The van der Waals surface area contributed by atoms with E-state index in [0.29, 0.717) is 5.69 Å². The van der Waals surface area contributed by atoms with Crippen molar-refractivity contribution in [2.75, 3.05) is 10.8 Å². The highest BCUT2D eigenvalue weighted by molar-refractivity contribution is 9.10. The van der Waals surface area contributed by atoms with Crippen molar-refractivity contribution < 1.29 is 18.0 Å². The number of aryl methyl sites for hydroxylation is 1. The van der Waals surface area contributed by atoms with Gasteiger partial charge in [0.2, 0.25) is 11.8 Å². The maximum atomic E-state index is 13.9. The monoisotopic (exact) mass is 599 g/mol. The predicted octanol–water partition coefficient (Wildman–Crippen LogP) is 5.28. The summed E-state index contributed by atoms with van der Waals surface area (Å²) in [5.74, 6) is -0.778. The lowest BCUT2D eigenvalue weighted by molar-refractivity contribution is -0.139. The number of benzene rings is 3. The number of anilines is 1. The summed E-state index contributed by atoms with van der Waals surface area (Å²) in [6.45, 7) is 7.10. The zero-order valence-corrected chi connectivity index (χ0v) is 24.5. The standard InChI is InChI=1S/C29H34BrN3O4S/c1-5-22(3)31-29(35)23(4)32(19-24-9-7-6-8-10-24)28(34)20-33(26-15-13-25(30)14-16-26)38(36,37)27-17-11-21(2)12-18-27/h6-18,22-23H,5,19-20H2,1-4H3,(H,31,35)/t22-,23+/m1/s1. The lowest BCUT2D eigenvalue weighted by atomic mass is 10.1. The first-order valence-corrected chi connectivity index (χ1v) is 14.7. The average Bonchev–Trinajstić information content (AvgIpc) is 2.91. The van der Waals surface area contributed by atoms with E-state index in [9.17, 15) is 18.0 Å². The molecule has 0 heterocycles. The van der Waals surface area contributed by atoms with E-state index in [4.69, 9.17) is 0 Å². The number of hydrogen-bond acceptors (Lipinski definition) is 4. The van der Waals surface area contributed by atoms with Crippen molar-refractivity contribution in [1.82, 2.24) is 10.2 Å². The highest BCUT2D eigenvalue weighted by Crippen LogP contribution is 2.26. The van der Waals surface area contributed by atoms with Crippen molar-refractivity contribution in [3.05, 3.63) is 94.5 Å². The molecule has 0 aliphatic heterocycles. The predicted molar refractivity (Wildman–Crippen MR) is 154 cm³/mol. The highest BCUT2D eigenvalue weighted by Gasteiger charge is 2.32. The third-order valence-corrected chi connectivity index (χ3v) is 8.68. The molecule has 2 atom stereocenters. The molecule has 0 aliphatic carbocycles. The molecule has 0 fully saturated rings. The van der Waals surface area contributed by atoms with Crippen LogP contribution in [0.1, 0.15) is 38.3 Å². The van der Waals surface area contributed by atoms with Gasteiger partial charge in [-0.05, 0) is 69.2 Å². The first-order chi connectivity index (χ1) is 18.0. The molecular weight excluding hydrogens is 566 g/mol. The minimum atomic E-state index is -4.08. The maximum Gasteiger partial charge on any atom is 0.264 e. The van der Waals surface area contributed by atoms with Crippen molar-refractivity contribution in [2.24, 2.45) is 0 Å². The van der Waals surface area contributed by atoms with E-state index in [1.165, 1.54) is 17.0 Å². The summed E-state index contributed by atoms with van der Waals surface area (Å²) in [7, 11) is -4.08. The summed E-state index contributed by atoms with van der Waals surface area (Å²) >= 11 is 3.38. The van der Waals surface area contributed by atoms with Gasteiger partial charge in [-0.3, -0.25) is 13.9 Å². The Labute approximate surface area is 234 Å². The van der Waals surface area contributed by atoms with Crippen LogP contribution in [0.2, 0.25) is 0 Å². The first kappa shape index (κ1) is 29.4. The van der Waals surface area contributed by atoms with E-state index in [1.54, 1.807) is 43.3 Å². The van der Waals surface area contributed by atoms with Gasteiger partial charge in [0.05, 0.1) is 10.6 Å². The van der Waals surface area contributed by atoms with Crippen LogP contribution < -0.4 is 9.62 Å². The van der Waals surface area contributed by atoms with Crippen LogP contribution in [-0.4, -0.2) is 43.8 Å². The average molecular weight is 601 g/mol. The molecule has 38 heavy (non-hydrogen) atoms. The maximum absolute atomic E-state index is 13.9. The SMILES string of the molecule is CC[C@@H](C)NC(=O)[C@H](C)N(Cc1ccccc1)C(=O)CN(c1ccc(Br)cc1)S(=O)(=O)c1ccc(C)cc1. The summed E-state index contributed by atoms with van der Waals surface area (Å²) in [4.78, 5) is 28.4. The van der Waals surface area contributed by atoms with Crippen LogP contribution in [0.4, 0.5) is 5.69 Å². The van der Waals surface area contributed by atoms with Crippen LogP contribution in [0.25, 0.3) is 0 Å². The largest absolute Gasteiger partial charge is 0.352 e. The number of nitrogens with zero attached hydrogens (tertiary/aromatic N) is 2. The number of carbonyl (C=O) groups is 2. The van der Waals surface area contributed by atoms with Crippen molar-refractivity contribution >= 4 is 43.5 Å². The molecule has 0 bridgehead atoms. The van der Waals surface area contributed by atoms with Crippen molar-refractivity contribution in [3.8, 4) is 0 Å². The van der Waals surface area contributed by atoms with Gasteiger partial charge in [-0.25, -0.2) is 8.42 Å². The molecule has 0 unspecified atom stereocenters. The number of nitrogens with one attached hydrogen (secondary N) is 1. The molecule has 0 aliphatic rings. The lowest BCUT2D eigenvalue weighted by Gasteiger charge is -2.32. The van der Waals surface area contributed by atoms with Crippen molar-refractivity contribution in [1.29, 1.82) is 0 Å². The summed E-state index contributed by atoms with van der Waals surface area (Å²) in [5.41, 5.74) is 2.10. The van der Waals surface area contributed by atoms with Gasteiger partial charge in [0.1, 0.15) is 12.6 Å². The number of amides is 2. The highest BCUT2D eigenvalue weighted by atomic mass is 79.9. The first-order valence-electron chi connectivity index (χ1n) is 12.5. The molecular formula is C29H34BrN3O4S. The van der Waals surface area contributed by atoms with Gasteiger partial charge in [0.15, 0.2) is 0 Å². The van der Waals surface area contributed by atoms with Gasteiger partial charge in [0.25, 0.3) is 10.0 Å². The number of carbonyl (C=O) groups excluding carboxylic acids is 2. The molecule has 3 rings (SSSR count). The normalized spacial score (nSPS) is 12.9. The molecule has 0 aromatic heterocycles. The Kier molecular flexibility index (Phi) is 10.1. The Balaban J connectivity index is 2.00. The van der Waals surface area contributed by atoms with E-state index in [2.05, 4.69) is 21.2 Å². The fraction of sp³-hybridized carbons (Fsp3) is 0.310. The molecule has 2 amide bonds. The smallest absolute Gasteiger partial charge is 0.264 e. The van der Waals surface area contributed by atoms with Gasteiger partial charge in [-0.15, -0.1) is 0 Å². The van der Waals surface area contributed by atoms with Gasteiger partial charge in [0, 0.05) is 17.1 Å². The van der Waals surface area contributed by atoms with Gasteiger partial charge in [-0.1, -0.05) is 70.9 Å². The molecule has 3 aromatic carbocycles. The van der Waals surface area contributed by atoms with Crippen molar-refractivity contribution in [3.63, 3.8) is 0 Å². The molecule has 9 heteroatoms. The van der Waals surface area contributed by atoms with E-state index in [0.717, 1.165) is 26.3 Å². The Morgan fingerprint density at radius 3 is 2.11 bits per heavy atom. The number of sulfonamides is 1. The lowest BCUT2D eigenvalue weighted by Crippen LogP contribution is -2.52. The van der Waals surface area contributed by atoms with Crippen LogP contribution in [-0.2, 0) is 26.2 Å². The zero-order chi connectivity index (χ0) is 27.9.